The molecule has 4 heterocycles. The molecule has 1 unspecified atom stereocenters. The molecule has 4 aliphatic heterocycles. The summed E-state index contributed by atoms with van der Waals surface area (Å²) in [7, 11) is 0. The molecule has 0 saturated carbocycles. The SMILES string of the molecule is O=C1CCC(N2C(=O)c3cccc(NCCOCCOCCC(=O)N4CC[C@@H](N=C5Nc6cc(F)ccc6N(CC(F)F)c6ccc(Cl)cc65)C4)c3C2=O)C(=O)N1. The molecule has 4 aliphatic rings. The van der Waals surface area contributed by atoms with Crippen LogP contribution in [0.3, 0.4) is 0 Å². The molecule has 0 radical (unpaired) electrons. The van der Waals surface area contributed by atoms with Crippen LogP contribution in [0.5, 0.6) is 0 Å². The van der Waals surface area contributed by atoms with Crippen molar-refractivity contribution in [2.75, 3.05) is 68.1 Å². The second kappa shape index (κ2) is 17.3. The monoisotopic (exact) mass is 809 g/mol. The standard InChI is InChI=1S/C39H39ClF3N7O7/c40-22-4-6-29-26(18-22)36(46-28-19-23(41)5-7-30(28)49(29)21-32(42)43)45-24-10-13-48(20-24)34(52)11-14-56-16-17-57-15-12-44-27-3-1-2-25-35(27)39(55)50(38(25)54)31-8-9-33(51)47-37(31)53/h1-7,18-19,24,31-32,44H,8-17,20-21H2,(H,45,46)(H,47,51,53)/t24-,31?/m1/s1. The quantitative estimate of drug-likeness (QED) is 0.155. The Morgan fingerprint density at radius 2 is 1.72 bits per heavy atom. The second-order valence-corrected chi connectivity index (χ2v) is 14.2. The number of imide groups is 2. The Hall–Kier alpha value is -5.52. The minimum atomic E-state index is -2.67. The maximum atomic E-state index is 14.3. The molecule has 0 aliphatic carbocycles. The van der Waals surface area contributed by atoms with Gasteiger partial charge in [0, 0.05) is 42.3 Å². The van der Waals surface area contributed by atoms with E-state index in [1.165, 1.54) is 29.2 Å². The summed E-state index contributed by atoms with van der Waals surface area (Å²) in [6.07, 6.45) is -1.88. The van der Waals surface area contributed by atoms with Crippen LogP contribution in [0, 0.1) is 5.82 Å². The van der Waals surface area contributed by atoms with Gasteiger partial charge in [-0.2, -0.15) is 0 Å². The van der Waals surface area contributed by atoms with Crippen LogP contribution in [0.4, 0.5) is 35.9 Å². The summed E-state index contributed by atoms with van der Waals surface area (Å²) < 4.78 is 53.0. The number of hydrogen-bond donors (Lipinski definition) is 3. The number of rotatable bonds is 14. The molecular weight excluding hydrogens is 771 g/mol. The van der Waals surface area contributed by atoms with E-state index in [-0.39, 0.29) is 74.5 Å². The van der Waals surface area contributed by atoms with Gasteiger partial charge in [-0.15, -0.1) is 0 Å². The van der Waals surface area contributed by atoms with Crippen LogP contribution in [0.15, 0.2) is 59.6 Å². The third kappa shape index (κ3) is 8.74. The molecule has 5 amide bonds. The van der Waals surface area contributed by atoms with Crippen molar-refractivity contribution < 1.29 is 46.6 Å². The Morgan fingerprint density at radius 3 is 2.51 bits per heavy atom. The molecule has 0 bridgehead atoms. The molecule has 3 aromatic carbocycles. The predicted molar refractivity (Wildman–Crippen MR) is 204 cm³/mol. The first kappa shape index (κ1) is 39.7. The number of amides is 5. The van der Waals surface area contributed by atoms with Crippen molar-refractivity contribution in [1.82, 2.24) is 15.1 Å². The van der Waals surface area contributed by atoms with Gasteiger partial charge in [0.25, 0.3) is 18.2 Å². The van der Waals surface area contributed by atoms with E-state index >= 15 is 0 Å². The smallest absolute Gasteiger partial charge is 0.264 e. The summed E-state index contributed by atoms with van der Waals surface area (Å²) in [5.74, 6) is -2.64. The van der Waals surface area contributed by atoms with Crippen molar-refractivity contribution in [3.8, 4) is 0 Å². The number of hydrogen-bond acceptors (Lipinski definition) is 10. The Kier molecular flexibility index (Phi) is 12.1. The maximum Gasteiger partial charge on any atom is 0.264 e. The third-order valence-electron chi connectivity index (χ3n) is 10.0. The number of carbonyl (C=O) groups excluding carboxylic acids is 5. The fourth-order valence-corrected chi connectivity index (χ4v) is 7.53. The first-order valence-corrected chi connectivity index (χ1v) is 18.9. The van der Waals surface area contributed by atoms with Gasteiger partial charge in [-0.05, 0) is 61.4 Å². The lowest BCUT2D eigenvalue weighted by atomic mass is 10.0. The van der Waals surface area contributed by atoms with E-state index in [2.05, 4.69) is 16.0 Å². The summed E-state index contributed by atoms with van der Waals surface area (Å²) in [5, 5.41) is 8.80. The highest BCUT2D eigenvalue weighted by Gasteiger charge is 2.45. The highest BCUT2D eigenvalue weighted by molar-refractivity contribution is 6.31. The highest BCUT2D eigenvalue weighted by atomic mass is 35.5. The number of aliphatic imine (C=N–C) groups is 1. The van der Waals surface area contributed by atoms with Crippen molar-refractivity contribution >= 4 is 69.7 Å². The van der Waals surface area contributed by atoms with Gasteiger partial charge >= 0.3 is 0 Å². The van der Waals surface area contributed by atoms with Crippen LogP contribution in [-0.4, -0.2) is 116 Å². The van der Waals surface area contributed by atoms with Gasteiger partial charge in [0.15, 0.2) is 0 Å². The Labute approximate surface area is 330 Å². The van der Waals surface area contributed by atoms with Crippen LogP contribution in [0.25, 0.3) is 0 Å². The molecule has 7 rings (SSSR count). The normalized spacial score (nSPS) is 19.7. The topological polar surface area (TPSA) is 162 Å². The molecule has 2 saturated heterocycles. The number of carbonyl (C=O) groups is 5. The zero-order valence-electron chi connectivity index (χ0n) is 30.6. The molecule has 0 aromatic heterocycles. The minimum Gasteiger partial charge on any atom is -0.382 e. The Morgan fingerprint density at radius 1 is 0.930 bits per heavy atom. The number of nitrogens with zero attached hydrogens (tertiary/aromatic N) is 4. The summed E-state index contributed by atoms with van der Waals surface area (Å²) in [6, 6.07) is 12.2. The van der Waals surface area contributed by atoms with Crippen LogP contribution in [-0.2, 0) is 23.9 Å². The van der Waals surface area contributed by atoms with Gasteiger partial charge in [0.05, 0.1) is 73.6 Å². The van der Waals surface area contributed by atoms with Crippen LogP contribution in [0.1, 0.15) is 52.0 Å². The van der Waals surface area contributed by atoms with E-state index in [0.717, 1.165) is 4.90 Å². The molecule has 14 nitrogen and oxygen atoms in total. The summed E-state index contributed by atoms with van der Waals surface area (Å²) in [6.45, 7) is 1.36. The fraction of sp³-hybridized carbons (Fsp3) is 0.385. The van der Waals surface area contributed by atoms with Gasteiger partial charge in [0.2, 0.25) is 17.7 Å². The number of halogens is 4. The average molecular weight is 810 g/mol. The Bertz CT molecular complexity index is 2120. The first-order chi connectivity index (χ1) is 27.5. The number of amidine groups is 1. The summed E-state index contributed by atoms with van der Waals surface area (Å²) in [4.78, 5) is 72.1. The number of piperidine rings is 1. The van der Waals surface area contributed by atoms with Crippen molar-refractivity contribution in [2.24, 2.45) is 4.99 Å². The molecular formula is C39H39ClF3N7O7. The van der Waals surface area contributed by atoms with Gasteiger partial charge in [0.1, 0.15) is 17.7 Å². The Balaban J connectivity index is 0.851. The number of fused-ring (bicyclic) bond motifs is 3. The van der Waals surface area contributed by atoms with Crippen LogP contribution < -0.4 is 20.9 Å². The molecule has 57 heavy (non-hydrogen) atoms. The largest absolute Gasteiger partial charge is 0.382 e. The van der Waals surface area contributed by atoms with Gasteiger partial charge in [-0.3, -0.25) is 39.2 Å². The number of alkyl halides is 2. The number of ether oxygens (including phenoxy) is 2. The van der Waals surface area contributed by atoms with Gasteiger partial charge in [-0.1, -0.05) is 17.7 Å². The lowest BCUT2D eigenvalue weighted by Gasteiger charge is -2.27. The number of anilines is 4. The van der Waals surface area contributed by atoms with Crippen molar-refractivity contribution in [3.05, 3.63) is 82.1 Å². The molecule has 2 fully saturated rings. The zero-order valence-corrected chi connectivity index (χ0v) is 31.3. The van der Waals surface area contributed by atoms with E-state index in [9.17, 15) is 37.1 Å². The van der Waals surface area contributed by atoms with E-state index in [4.69, 9.17) is 26.1 Å². The first-order valence-electron chi connectivity index (χ1n) is 18.5. The van der Waals surface area contributed by atoms with E-state index < -0.39 is 48.5 Å². The highest BCUT2D eigenvalue weighted by Crippen LogP contribution is 2.40. The van der Waals surface area contributed by atoms with Crippen LogP contribution >= 0.6 is 11.6 Å². The lowest BCUT2D eigenvalue weighted by Crippen LogP contribution is -2.54. The van der Waals surface area contributed by atoms with Crippen LogP contribution in [0.2, 0.25) is 5.02 Å². The van der Waals surface area contributed by atoms with E-state index in [0.29, 0.717) is 59.5 Å². The second-order valence-electron chi connectivity index (χ2n) is 13.8. The van der Waals surface area contributed by atoms with Crippen molar-refractivity contribution in [2.45, 2.75) is 44.2 Å². The average Bonchev–Trinajstić information content (AvgIpc) is 3.72. The van der Waals surface area contributed by atoms with E-state index in [1.807, 2.05) is 0 Å². The number of benzene rings is 3. The minimum absolute atomic E-state index is 0.0327. The molecule has 0 spiro atoms. The fourth-order valence-electron chi connectivity index (χ4n) is 7.35. The molecule has 300 valence electrons. The molecule has 2 atom stereocenters. The molecule has 3 N–H and O–H groups in total. The van der Waals surface area contributed by atoms with Gasteiger partial charge in [-0.25, -0.2) is 13.2 Å². The summed E-state index contributed by atoms with van der Waals surface area (Å²) in [5.41, 5.74) is 2.32. The third-order valence-corrected chi connectivity index (χ3v) is 10.3. The number of likely N-dealkylation sites (tertiary alicyclic amines) is 1. The van der Waals surface area contributed by atoms with E-state index in [1.54, 1.807) is 35.2 Å². The zero-order chi connectivity index (χ0) is 40.2. The maximum absolute atomic E-state index is 14.3. The van der Waals surface area contributed by atoms with Crippen molar-refractivity contribution in [1.29, 1.82) is 0 Å². The van der Waals surface area contributed by atoms with Gasteiger partial charge < -0.3 is 29.9 Å². The lowest BCUT2D eigenvalue weighted by molar-refractivity contribution is -0.136. The molecule has 18 heteroatoms. The predicted octanol–water partition coefficient (Wildman–Crippen LogP) is 4.59. The summed E-state index contributed by atoms with van der Waals surface area (Å²) >= 11 is 6.33. The number of nitrogens with one attached hydrogen (secondary N) is 3. The molecule has 3 aromatic rings. The van der Waals surface area contributed by atoms with Crippen molar-refractivity contribution in [3.63, 3.8) is 0 Å².